The molecule has 5 heteroatoms. The molecule has 1 rings (SSSR count). The van der Waals surface area contributed by atoms with Gasteiger partial charge in [-0.2, -0.15) is 0 Å². The van der Waals surface area contributed by atoms with E-state index in [1.165, 1.54) is 5.57 Å². The van der Waals surface area contributed by atoms with Gasteiger partial charge in [-0.15, -0.1) is 11.8 Å². The van der Waals surface area contributed by atoms with Crippen LogP contribution in [0.2, 0.25) is 5.15 Å². The van der Waals surface area contributed by atoms with Crippen molar-refractivity contribution in [1.82, 2.24) is 9.97 Å². The van der Waals surface area contributed by atoms with Crippen LogP contribution >= 0.6 is 23.4 Å². The molecular weight excluding hydrogens is 218 g/mol. The van der Waals surface area contributed by atoms with Crippen molar-refractivity contribution in [1.29, 1.82) is 0 Å². The summed E-state index contributed by atoms with van der Waals surface area (Å²) in [6, 6.07) is 1.71. The van der Waals surface area contributed by atoms with Crippen LogP contribution in [0, 0.1) is 0 Å². The molecule has 0 fully saturated rings. The van der Waals surface area contributed by atoms with E-state index in [-0.39, 0.29) is 5.95 Å². The van der Waals surface area contributed by atoms with Crippen LogP contribution in [-0.2, 0) is 0 Å². The number of hydrogen-bond acceptors (Lipinski definition) is 4. The van der Waals surface area contributed by atoms with Crippen LogP contribution in [-0.4, -0.2) is 15.7 Å². The largest absolute Gasteiger partial charge is 0.368 e. The molecule has 0 bridgehead atoms. The van der Waals surface area contributed by atoms with Gasteiger partial charge < -0.3 is 5.73 Å². The van der Waals surface area contributed by atoms with E-state index in [1.54, 1.807) is 17.8 Å². The maximum atomic E-state index is 5.73. The van der Waals surface area contributed by atoms with Gasteiger partial charge in [0.25, 0.3) is 0 Å². The maximum absolute atomic E-state index is 5.73. The summed E-state index contributed by atoms with van der Waals surface area (Å²) >= 11 is 7.32. The topological polar surface area (TPSA) is 51.8 Å². The van der Waals surface area contributed by atoms with Gasteiger partial charge in [0.05, 0.1) is 0 Å². The lowest BCUT2D eigenvalue weighted by Crippen LogP contribution is -1.95. The second-order valence-corrected chi connectivity index (χ2v) is 4.41. The number of rotatable bonds is 3. The lowest BCUT2D eigenvalue weighted by atomic mass is 10.3. The Bertz CT molecular complexity index is 328. The molecule has 0 atom stereocenters. The highest BCUT2D eigenvalue weighted by Crippen LogP contribution is 2.19. The quantitative estimate of drug-likeness (QED) is 0.492. The normalized spacial score (nSPS) is 9.93. The zero-order chi connectivity index (χ0) is 10.6. The molecule has 0 aliphatic rings. The van der Waals surface area contributed by atoms with Crippen molar-refractivity contribution in [2.45, 2.75) is 18.9 Å². The molecule has 0 unspecified atom stereocenters. The van der Waals surface area contributed by atoms with Crippen LogP contribution in [0.5, 0.6) is 0 Å². The summed E-state index contributed by atoms with van der Waals surface area (Å²) in [5.41, 5.74) is 6.74. The Balaban J connectivity index is 2.63. The highest BCUT2D eigenvalue weighted by Gasteiger charge is 1.99. The van der Waals surface area contributed by atoms with Crippen molar-refractivity contribution in [2.75, 3.05) is 11.5 Å². The van der Waals surface area contributed by atoms with Gasteiger partial charge in [0.15, 0.2) is 0 Å². The number of aromatic nitrogens is 2. The minimum absolute atomic E-state index is 0.220. The summed E-state index contributed by atoms with van der Waals surface area (Å²) in [5.74, 6) is 1.09. The molecule has 1 aromatic heterocycles. The van der Waals surface area contributed by atoms with Crippen LogP contribution in [0.15, 0.2) is 22.7 Å². The molecule has 0 amide bonds. The Morgan fingerprint density at radius 2 is 2.29 bits per heavy atom. The number of nitrogen functional groups attached to an aromatic ring is 1. The molecule has 0 radical (unpaired) electrons. The minimum Gasteiger partial charge on any atom is -0.368 e. The van der Waals surface area contributed by atoms with E-state index >= 15 is 0 Å². The molecule has 76 valence electrons. The van der Waals surface area contributed by atoms with E-state index < -0.39 is 0 Å². The standard InChI is InChI=1S/C9H12ClN3S/c1-6(2)3-4-14-8-5-7(10)12-9(11)13-8/h3,5H,4H2,1-2H3,(H2,11,12,13). The van der Waals surface area contributed by atoms with Crippen LogP contribution in [0.3, 0.4) is 0 Å². The van der Waals surface area contributed by atoms with Gasteiger partial charge in [-0.3, -0.25) is 0 Å². The van der Waals surface area contributed by atoms with E-state index in [1.807, 2.05) is 0 Å². The summed E-state index contributed by atoms with van der Waals surface area (Å²) in [7, 11) is 0. The molecule has 3 nitrogen and oxygen atoms in total. The van der Waals surface area contributed by atoms with Gasteiger partial charge in [-0.25, -0.2) is 9.97 Å². The SMILES string of the molecule is CC(C)=CCSc1cc(Cl)nc(N)n1. The van der Waals surface area contributed by atoms with Crippen molar-refractivity contribution in [3.05, 3.63) is 22.9 Å². The van der Waals surface area contributed by atoms with Crippen molar-refractivity contribution >= 4 is 29.3 Å². The van der Waals surface area contributed by atoms with Crippen molar-refractivity contribution in [2.24, 2.45) is 0 Å². The molecule has 0 aliphatic heterocycles. The molecule has 1 heterocycles. The minimum atomic E-state index is 0.220. The fourth-order valence-corrected chi connectivity index (χ4v) is 1.98. The molecule has 0 aromatic carbocycles. The zero-order valence-corrected chi connectivity index (χ0v) is 9.69. The number of thioether (sulfide) groups is 1. The average molecular weight is 230 g/mol. The first kappa shape index (κ1) is 11.3. The molecule has 14 heavy (non-hydrogen) atoms. The van der Waals surface area contributed by atoms with Gasteiger partial charge >= 0.3 is 0 Å². The van der Waals surface area contributed by atoms with E-state index in [0.29, 0.717) is 5.15 Å². The Morgan fingerprint density at radius 3 is 2.86 bits per heavy atom. The Labute approximate surface area is 92.8 Å². The number of nitrogens with two attached hydrogens (primary N) is 1. The summed E-state index contributed by atoms with van der Waals surface area (Å²) in [6.07, 6.45) is 2.12. The van der Waals surface area contributed by atoms with Crippen molar-refractivity contribution < 1.29 is 0 Å². The summed E-state index contributed by atoms with van der Waals surface area (Å²) in [4.78, 5) is 7.83. The molecule has 2 N–H and O–H groups in total. The van der Waals surface area contributed by atoms with Gasteiger partial charge in [-0.05, 0) is 13.8 Å². The van der Waals surface area contributed by atoms with Gasteiger partial charge in [0.1, 0.15) is 10.2 Å². The predicted octanol–water partition coefficient (Wildman–Crippen LogP) is 2.77. The molecule has 0 spiro atoms. The Hall–Kier alpha value is -0.740. The average Bonchev–Trinajstić information content (AvgIpc) is 2.01. The number of allylic oxidation sites excluding steroid dienone is 1. The van der Waals surface area contributed by atoms with E-state index in [2.05, 4.69) is 29.9 Å². The summed E-state index contributed by atoms with van der Waals surface area (Å²) in [6.45, 7) is 4.11. The van der Waals surface area contributed by atoms with Gasteiger partial charge in [0, 0.05) is 11.8 Å². The molecule has 0 saturated heterocycles. The third-order valence-electron chi connectivity index (χ3n) is 1.41. The van der Waals surface area contributed by atoms with Gasteiger partial charge in [0.2, 0.25) is 5.95 Å². The number of halogens is 1. The number of anilines is 1. The van der Waals surface area contributed by atoms with Gasteiger partial charge in [-0.1, -0.05) is 23.3 Å². The number of hydrogen-bond donors (Lipinski definition) is 1. The first-order valence-corrected chi connectivity index (χ1v) is 5.50. The third-order valence-corrected chi connectivity index (χ3v) is 2.44. The fraction of sp³-hybridized carbons (Fsp3) is 0.333. The van der Waals surface area contributed by atoms with Crippen LogP contribution in [0.4, 0.5) is 5.95 Å². The molecular formula is C9H12ClN3S. The van der Waals surface area contributed by atoms with Crippen molar-refractivity contribution in [3.8, 4) is 0 Å². The zero-order valence-electron chi connectivity index (χ0n) is 8.12. The lowest BCUT2D eigenvalue weighted by Gasteiger charge is -1.99. The van der Waals surface area contributed by atoms with Crippen molar-refractivity contribution in [3.63, 3.8) is 0 Å². The molecule has 0 saturated carbocycles. The smallest absolute Gasteiger partial charge is 0.222 e. The fourth-order valence-electron chi connectivity index (χ4n) is 0.781. The second-order valence-electron chi connectivity index (χ2n) is 2.98. The molecule has 1 aromatic rings. The van der Waals surface area contributed by atoms with E-state index in [0.717, 1.165) is 10.8 Å². The van der Waals surface area contributed by atoms with Crippen LogP contribution in [0.1, 0.15) is 13.8 Å². The van der Waals surface area contributed by atoms with E-state index in [9.17, 15) is 0 Å². The summed E-state index contributed by atoms with van der Waals surface area (Å²) < 4.78 is 0. The first-order valence-electron chi connectivity index (χ1n) is 4.14. The van der Waals surface area contributed by atoms with Crippen LogP contribution < -0.4 is 5.73 Å². The molecule has 0 aliphatic carbocycles. The second kappa shape index (κ2) is 5.22. The monoisotopic (exact) mass is 229 g/mol. The Kier molecular flexibility index (Phi) is 4.22. The summed E-state index contributed by atoms with van der Waals surface area (Å²) in [5, 5.41) is 1.19. The maximum Gasteiger partial charge on any atom is 0.222 e. The predicted molar refractivity (Wildman–Crippen MR) is 61.6 cm³/mol. The highest BCUT2D eigenvalue weighted by molar-refractivity contribution is 7.99. The Morgan fingerprint density at radius 1 is 1.57 bits per heavy atom. The lowest BCUT2D eigenvalue weighted by molar-refractivity contribution is 1.07. The number of nitrogens with zero attached hydrogens (tertiary/aromatic N) is 2. The highest BCUT2D eigenvalue weighted by atomic mass is 35.5. The third kappa shape index (κ3) is 3.98. The first-order chi connectivity index (χ1) is 6.58. The van der Waals surface area contributed by atoms with Crippen LogP contribution in [0.25, 0.3) is 0 Å². The van der Waals surface area contributed by atoms with E-state index in [4.69, 9.17) is 17.3 Å².